The molecule has 2 aliphatic heterocycles. The zero-order chi connectivity index (χ0) is 15.1. The molecule has 0 saturated carbocycles. The van der Waals surface area contributed by atoms with Crippen LogP contribution < -0.4 is 5.32 Å². The van der Waals surface area contributed by atoms with Crippen molar-refractivity contribution in [3.05, 3.63) is 0 Å². The van der Waals surface area contributed by atoms with E-state index in [1.54, 1.807) is 0 Å². The Morgan fingerprint density at radius 2 is 2.00 bits per heavy atom. The van der Waals surface area contributed by atoms with Crippen molar-refractivity contribution in [3.8, 4) is 0 Å². The SMILES string of the molecule is CCCCN(C)CC1CCN(C(=O)[C@@H]2CCCCN2)CC1. The fourth-order valence-corrected chi connectivity index (χ4v) is 3.58. The number of amides is 1. The van der Waals surface area contributed by atoms with E-state index in [0.717, 1.165) is 32.0 Å². The van der Waals surface area contributed by atoms with Gasteiger partial charge in [-0.05, 0) is 58.2 Å². The number of carbonyl (C=O) groups is 1. The Labute approximate surface area is 130 Å². The van der Waals surface area contributed by atoms with Crippen molar-refractivity contribution < 1.29 is 4.79 Å². The number of carbonyl (C=O) groups excluding carboxylic acids is 1. The van der Waals surface area contributed by atoms with Gasteiger partial charge in [-0.25, -0.2) is 0 Å². The normalized spacial score (nSPS) is 24.5. The molecule has 1 amide bonds. The van der Waals surface area contributed by atoms with Crippen molar-refractivity contribution in [3.63, 3.8) is 0 Å². The maximum Gasteiger partial charge on any atom is 0.239 e. The Balaban J connectivity index is 1.68. The molecular weight excluding hydrogens is 262 g/mol. The van der Waals surface area contributed by atoms with Gasteiger partial charge < -0.3 is 15.1 Å². The summed E-state index contributed by atoms with van der Waals surface area (Å²) in [5.41, 5.74) is 0. The van der Waals surface area contributed by atoms with Crippen LogP contribution in [0.5, 0.6) is 0 Å². The fourth-order valence-electron chi connectivity index (χ4n) is 3.58. The highest BCUT2D eigenvalue weighted by atomic mass is 16.2. The number of piperidine rings is 2. The van der Waals surface area contributed by atoms with Crippen LogP contribution >= 0.6 is 0 Å². The topological polar surface area (TPSA) is 35.6 Å². The lowest BCUT2D eigenvalue weighted by atomic mass is 9.95. The third kappa shape index (κ3) is 5.26. The molecule has 2 rings (SSSR count). The van der Waals surface area contributed by atoms with Crippen LogP contribution in [0.25, 0.3) is 0 Å². The van der Waals surface area contributed by atoms with Crippen molar-refractivity contribution in [1.82, 2.24) is 15.1 Å². The highest BCUT2D eigenvalue weighted by molar-refractivity contribution is 5.82. The highest BCUT2D eigenvalue weighted by Crippen LogP contribution is 2.20. The summed E-state index contributed by atoms with van der Waals surface area (Å²) in [6.45, 7) is 7.59. The van der Waals surface area contributed by atoms with Crippen molar-refractivity contribution in [2.45, 2.75) is 57.9 Å². The first kappa shape index (κ1) is 16.8. The zero-order valence-electron chi connectivity index (χ0n) is 13.9. The first-order valence-electron chi connectivity index (χ1n) is 8.91. The summed E-state index contributed by atoms with van der Waals surface area (Å²) in [5.74, 6) is 1.13. The van der Waals surface area contributed by atoms with E-state index in [9.17, 15) is 4.79 Å². The van der Waals surface area contributed by atoms with Crippen LogP contribution in [0.3, 0.4) is 0 Å². The largest absolute Gasteiger partial charge is 0.341 e. The predicted molar refractivity (Wildman–Crippen MR) is 87.4 cm³/mol. The molecule has 4 nitrogen and oxygen atoms in total. The number of hydrogen-bond donors (Lipinski definition) is 1. The average Bonchev–Trinajstić information content (AvgIpc) is 2.54. The van der Waals surface area contributed by atoms with Gasteiger partial charge in [0.1, 0.15) is 0 Å². The maximum atomic E-state index is 12.5. The van der Waals surface area contributed by atoms with Gasteiger partial charge >= 0.3 is 0 Å². The molecule has 2 heterocycles. The minimum Gasteiger partial charge on any atom is -0.341 e. The Morgan fingerprint density at radius 3 is 2.62 bits per heavy atom. The van der Waals surface area contributed by atoms with E-state index >= 15 is 0 Å². The predicted octanol–water partition coefficient (Wildman–Crippen LogP) is 2.10. The molecule has 0 aliphatic carbocycles. The van der Waals surface area contributed by atoms with Crippen LogP contribution in [0.15, 0.2) is 0 Å². The summed E-state index contributed by atoms with van der Waals surface area (Å²) < 4.78 is 0. The third-order valence-corrected chi connectivity index (χ3v) is 5.00. The molecular formula is C17H33N3O. The first-order valence-corrected chi connectivity index (χ1v) is 8.91. The van der Waals surface area contributed by atoms with Gasteiger partial charge in [-0.3, -0.25) is 4.79 Å². The van der Waals surface area contributed by atoms with Gasteiger partial charge in [0.2, 0.25) is 5.91 Å². The van der Waals surface area contributed by atoms with E-state index in [0.29, 0.717) is 5.91 Å². The van der Waals surface area contributed by atoms with Crippen LogP contribution in [0.1, 0.15) is 51.9 Å². The van der Waals surface area contributed by atoms with Crippen LogP contribution in [-0.2, 0) is 4.79 Å². The zero-order valence-corrected chi connectivity index (χ0v) is 13.9. The minimum atomic E-state index is 0.0996. The summed E-state index contributed by atoms with van der Waals surface area (Å²) in [6.07, 6.45) is 8.35. The van der Waals surface area contributed by atoms with Crippen LogP contribution in [0.4, 0.5) is 0 Å². The molecule has 0 aromatic carbocycles. The Hall–Kier alpha value is -0.610. The summed E-state index contributed by atoms with van der Waals surface area (Å²) in [4.78, 5) is 17.0. The Kier molecular flexibility index (Phi) is 6.97. The molecule has 1 atom stereocenters. The van der Waals surface area contributed by atoms with E-state index < -0.39 is 0 Å². The standard InChI is InChI=1S/C17H33N3O/c1-3-4-11-19(2)14-15-8-12-20(13-9-15)17(21)16-7-5-6-10-18-16/h15-16,18H,3-14H2,1-2H3/t16-/m0/s1. The summed E-state index contributed by atoms with van der Waals surface area (Å²) in [5, 5.41) is 3.38. The maximum absolute atomic E-state index is 12.5. The van der Waals surface area contributed by atoms with Gasteiger partial charge in [-0.2, -0.15) is 0 Å². The van der Waals surface area contributed by atoms with Gasteiger partial charge in [0.15, 0.2) is 0 Å². The molecule has 0 aromatic heterocycles. The van der Waals surface area contributed by atoms with E-state index in [1.807, 2.05) is 0 Å². The number of rotatable bonds is 6. The number of nitrogens with one attached hydrogen (secondary N) is 1. The lowest BCUT2D eigenvalue weighted by Crippen LogP contribution is -2.51. The van der Waals surface area contributed by atoms with Gasteiger partial charge in [0.05, 0.1) is 6.04 Å². The summed E-state index contributed by atoms with van der Waals surface area (Å²) in [6, 6.07) is 0.0996. The first-order chi connectivity index (χ1) is 10.2. The minimum absolute atomic E-state index is 0.0996. The number of likely N-dealkylation sites (tertiary alicyclic amines) is 1. The Bertz CT molecular complexity index is 307. The average molecular weight is 295 g/mol. The third-order valence-electron chi connectivity index (χ3n) is 5.00. The van der Waals surface area contributed by atoms with Crippen molar-refractivity contribution in [2.75, 3.05) is 39.8 Å². The second-order valence-corrected chi connectivity index (χ2v) is 6.89. The monoisotopic (exact) mass is 295 g/mol. The van der Waals surface area contributed by atoms with Gasteiger partial charge in [0.25, 0.3) is 0 Å². The molecule has 2 fully saturated rings. The van der Waals surface area contributed by atoms with Crippen LogP contribution in [0.2, 0.25) is 0 Å². The molecule has 0 unspecified atom stereocenters. The second kappa shape index (κ2) is 8.74. The number of unbranched alkanes of at least 4 members (excludes halogenated alkanes) is 1. The van der Waals surface area contributed by atoms with Crippen molar-refractivity contribution >= 4 is 5.91 Å². The molecule has 4 heteroatoms. The lowest BCUT2D eigenvalue weighted by molar-refractivity contribution is -0.135. The van der Waals surface area contributed by atoms with E-state index in [2.05, 4.69) is 29.1 Å². The highest BCUT2D eigenvalue weighted by Gasteiger charge is 2.29. The van der Waals surface area contributed by atoms with Crippen molar-refractivity contribution in [1.29, 1.82) is 0 Å². The van der Waals surface area contributed by atoms with E-state index in [-0.39, 0.29) is 6.04 Å². The number of hydrogen-bond acceptors (Lipinski definition) is 3. The van der Waals surface area contributed by atoms with Gasteiger partial charge in [0, 0.05) is 19.6 Å². The quantitative estimate of drug-likeness (QED) is 0.815. The molecule has 2 saturated heterocycles. The Morgan fingerprint density at radius 1 is 1.24 bits per heavy atom. The van der Waals surface area contributed by atoms with E-state index in [4.69, 9.17) is 0 Å². The molecule has 0 spiro atoms. The molecule has 0 aromatic rings. The number of nitrogens with zero attached hydrogens (tertiary/aromatic N) is 2. The van der Waals surface area contributed by atoms with Crippen molar-refractivity contribution in [2.24, 2.45) is 5.92 Å². The molecule has 1 N–H and O–H groups in total. The smallest absolute Gasteiger partial charge is 0.239 e. The summed E-state index contributed by atoms with van der Waals surface area (Å²) >= 11 is 0. The molecule has 2 aliphatic rings. The van der Waals surface area contributed by atoms with E-state index in [1.165, 1.54) is 51.6 Å². The molecule has 0 radical (unpaired) electrons. The molecule has 122 valence electrons. The fraction of sp³-hybridized carbons (Fsp3) is 0.941. The second-order valence-electron chi connectivity index (χ2n) is 6.89. The van der Waals surface area contributed by atoms with Gasteiger partial charge in [-0.1, -0.05) is 19.8 Å². The van der Waals surface area contributed by atoms with Gasteiger partial charge in [-0.15, -0.1) is 0 Å². The van der Waals surface area contributed by atoms with Crippen LogP contribution in [0, 0.1) is 5.92 Å². The molecule has 21 heavy (non-hydrogen) atoms. The molecule has 0 bridgehead atoms. The summed E-state index contributed by atoms with van der Waals surface area (Å²) in [7, 11) is 2.24. The lowest BCUT2D eigenvalue weighted by Gasteiger charge is -2.36. The van der Waals surface area contributed by atoms with Crippen LogP contribution in [-0.4, -0.2) is 61.5 Å².